The lowest BCUT2D eigenvalue weighted by Crippen LogP contribution is -2.18. The zero-order valence-corrected chi connectivity index (χ0v) is 10.5. The van der Waals surface area contributed by atoms with Gasteiger partial charge < -0.3 is 14.3 Å². The number of rotatable bonds is 4. The fraction of sp³-hybridized carbons (Fsp3) is 0.462. The standard InChI is InChI=1S/C13H18N2O2/c1-4-11(8-17-3)15-6-5-10-7-9(2)14-13(16)12(10)15/h5-7,11H,4,8H2,1-3H3,(H,14,16). The van der Waals surface area contributed by atoms with Crippen LogP contribution in [0.5, 0.6) is 0 Å². The molecule has 17 heavy (non-hydrogen) atoms. The number of hydrogen-bond donors (Lipinski definition) is 1. The molecular weight excluding hydrogens is 216 g/mol. The van der Waals surface area contributed by atoms with Gasteiger partial charge in [-0.3, -0.25) is 4.79 Å². The van der Waals surface area contributed by atoms with Crippen molar-refractivity contribution >= 4 is 10.9 Å². The molecule has 1 atom stereocenters. The molecule has 0 radical (unpaired) electrons. The van der Waals surface area contributed by atoms with Gasteiger partial charge >= 0.3 is 0 Å². The summed E-state index contributed by atoms with van der Waals surface area (Å²) in [5.41, 5.74) is 1.60. The maximum Gasteiger partial charge on any atom is 0.272 e. The maximum atomic E-state index is 12.0. The molecule has 0 bridgehead atoms. The van der Waals surface area contributed by atoms with Gasteiger partial charge in [0.15, 0.2) is 0 Å². The minimum absolute atomic E-state index is 0.0282. The number of nitrogens with one attached hydrogen (secondary N) is 1. The first-order chi connectivity index (χ1) is 8.17. The lowest BCUT2D eigenvalue weighted by molar-refractivity contribution is 0.155. The van der Waals surface area contributed by atoms with Crippen molar-refractivity contribution in [3.05, 3.63) is 34.4 Å². The lowest BCUT2D eigenvalue weighted by Gasteiger charge is -2.16. The predicted octanol–water partition coefficient (Wildman–Crippen LogP) is 2.24. The van der Waals surface area contributed by atoms with Gasteiger partial charge in [0.1, 0.15) is 5.52 Å². The molecule has 0 aliphatic rings. The largest absolute Gasteiger partial charge is 0.383 e. The zero-order valence-electron chi connectivity index (χ0n) is 10.5. The molecule has 1 N–H and O–H groups in total. The topological polar surface area (TPSA) is 47.0 Å². The Morgan fingerprint density at radius 3 is 2.94 bits per heavy atom. The molecular formula is C13H18N2O2. The molecule has 2 aromatic heterocycles. The zero-order chi connectivity index (χ0) is 12.4. The van der Waals surface area contributed by atoms with Crippen molar-refractivity contribution in [2.75, 3.05) is 13.7 Å². The van der Waals surface area contributed by atoms with Gasteiger partial charge in [-0.25, -0.2) is 0 Å². The van der Waals surface area contributed by atoms with Crippen LogP contribution < -0.4 is 5.56 Å². The Morgan fingerprint density at radius 2 is 2.29 bits per heavy atom. The van der Waals surface area contributed by atoms with Gasteiger partial charge in [0, 0.05) is 24.4 Å². The fourth-order valence-electron chi connectivity index (χ4n) is 2.23. The highest BCUT2D eigenvalue weighted by Crippen LogP contribution is 2.19. The van der Waals surface area contributed by atoms with Crippen molar-refractivity contribution in [3.8, 4) is 0 Å². The van der Waals surface area contributed by atoms with Crippen molar-refractivity contribution < 1.29 is 4.74 Å². The highest BCUT2D eigenvalue weighted by molar-refractivity contribution is 5.79. The van der Waals surface area contributed by atoms with Gasteiger partial charge in [-0.2, -0.15) is 0 Å². The molecule has 4 nitrogen and oxygen atoms in total. The number of aromatic nitrogens is 2. The normalized spacial score (nSPS) is 13.1. The van der Waals surface area contributed by atoms with Crippen molar-refractivity contribution in [1.29, 1.82) is 0 Å². The summed E-state index contributed by atoms with van der Waals surface area (Å²) in [7, 11) is 1.68. The molecule has 92 valence electrons. The van der Waals surface area contributed by atoms with E-state index < -0.39 is 0 Å². The molecule has 2 aromatic rings. The van der Waals surface area contributed by atoms with Crippen LogP contribution in [-0.2, 0) is 4.74 Å². The third kappa shape index (κ3) is 2.13. The number of methoxy groups -OCH3 is 1. The number of hydrogen-bond acceptors (Lipinski definition) is 2. The second kappa shape index (κ2) is 4.75. The predicted molar refractivity (Wildman–Crippen MR) is 68.5 cm³/mol. The van der Waals surface area contributed by atoms with E-state index in [2.05, 4.69) is 11.9 Å². The third-order valence-electron chi connectivity index (χ3n) is 3.07. The average Bonchev–Trinajstić information content (AvgIpc) is 2.69. The van der Waals surface area contributed by atoms with Gasteiger partial charge in [-0.05, 0) is 25.5 Å². The van der Waals surface area contributed by atoms with E-state index >= 15 is 0 Å². The summed E-state index contributed by atoms with van der Waals surface area (Å²) < 4.78 is 7.21. The van der Waals surface area contributed by atoms with Crippen LogP contribution in [0.4, 0.5) is 0 Å². The van der Waals surface area contributed by atoms with Crippen LogP contribution in [-0.4, -0.2) is 23.3 Å². The van der Waals surface area contributed by atoms with E-state index in [1.807, 2.05) is 29.8 Å². The summed E-state index contributed by atoms with van der Waals surface area (Å²) in [5.74, 6) is 0. The van der Waals surface area contributed by atoms with E-state index in [-0.39, 0.29) is 11.6 Å². The van der Waals surface area contributed by atoms with Crippen LogP contribution in [0.1, 0.15) is 25.1 Å². The summed E-state index contributed by atoms with van der Waals surface area (Å²) in [6, 6.07) is 4.18. The molecule has 0 amide bonds. The number of pyridine rings is 1. The van der Waals surface area contributed by atoms with Crippen LogP contribution in [0.15, 0.2) is 23.1 Å². The first-order valence-electron chi connectivity index (χ1n) is 5.86. The van der Waals surface area contributed by atoms with Crippen LogP contribution in [0.25, 0.3) is 10.9 Å². The van der Waals surface area contributed by atoms with Gasteiger partial charge in [0.25, 0.3) is 5.56 Å². The first kappa shape index (κ1) is 11.9. The Kier molecular flexibility index (Phi) is 3.33. The maximum absolute atomic E-state index is 12.0. The van der Waals surface area contributed by atoms with Crippen molar-refractivity contribution in [3.63, 3.8) is 0 Å². The summed E-state index contributed by atoms with van der Waals surface area (Å²) in [5, 5.41) is 0.987. The highest BCUT2D eigenvalue weighted by atomic mass is 16.5. The number of aromatic amines is 1. The van der Waals surface area contributed by atoms with Gasteiger partial charge in [-0.15, -0.1) is 0 Å². The Bertz CT molecular complexity index is 568. The Balaban J connectivity index is 2.59. The summed E-state index contributed by atoms with van der Waals surface area (Å²) in [6.07, 6.45) is 2.90. The molecule has 0 saturated heterocycles. The molecule has 0 fully saturated rings. The molecule has 0 aliphatic heterocycles. The molecule has 4 heteroatoms. The SMILES string of the molecule is CCC(COC)n1ccc2cc(C)[nH]c(=O)c21. The van der Waals surface area contributed by atoms with Crippen LogP contribution in [0.3, 0.4) is 0 Å². The smallest absolute Gasteiger partial charge is 0.272 e. The van der Waals surface area contributed by atoms with Gasteiger partial charge in [0.2, 0.25) is 0 Å². The number of aryl methyl sites for hydroxylation is 1. The highest BCUT2D eigenvalue weighted by Gasteiger charge is 2.13. The molecule has 0 aromatic carbocycles. The number of fused-ring (bicyclic) bond motifs is 1. The summed E-state index contributed by atoms with van der Waals surface area (Å²) in [4.78, 5) is 14.8. The Morgan fingerprint density at radius 1 is 1.53 bits per heavy atom. The minimum Gasteiger partial charge on any atom is -0.383 e. The number of H-pyrrole nitrogens is 1. The fourth-order valence-corrected chi connectivity index (χ4v) is 2.23. The molecule has 2 heterocycles. The molecule has 2 rings (SSSR count). The van der Waals surface area contributed by atoms with Crippen molar-refractivity contribution in [1.82, 2.24) is 9.55 Å². The summed E-state index contributed by atoms with van der Waals surface area (Å²) >= 11 is 0. The van der Waals surface area contributed by atoms with Gasteiger partial charge in [0.05, 0.1) is 12.6 Å². The number of ether oxygens (including phenoxy) is 1. The van der Waals surface area contributed by atoms with E-state index in [1.54, 1.807) is 7.11 Å². The molecule has 0 spiro atoms. The number of nitrogens with zero attached hydrogens (tertiary/aromatic N) is 1. The second-order valence-electron chi connectivity index (χ2n) is 4.33. The van der Waals surface area contributed by atoms with Crippen LogP contribution in [0.2, 0.25) is 0 Å². The Labute approximate surface area is 100 Å². The summed E-state index contributed by atoms with van der Waals surface area (Å²) in [6.45, 7) is 4.61. The quantitative estimate of drug-likeness (QED) is 0.881. The van der Waals surface area contributed by atoms with E-state index in [9.17, 15) is 4.79 Å². The van der Waals surface area contributed by atoms with E-state index in [0.717, 1.165) is 23.0 Å². The van der Waals surface area contributed by atoms with Crippen molar-refractivity contribution in [2.45, 2.75) is 26.3 Å². The molecule has 1 unspecified atom stereocenters. The second-order valence-corrected chi connectivity index (χ2v) is 4.33. The molecule has 0 saturated carbocycles. The average molecular weight is 234 g/mol. The van der Waals surface area contributed by atoms with Crippen LogP contribution >= 0.6 is 0 Å². The Hall–Kier alpha value is -1.55. The van der Waals surface area contributed by atoms with E-state index in [1.165, 1.54) is 0 Å². The minimum atomic E-state index is -0.0282. The van der Waals surface area contributed by atoms with Gasteiger partial charge in [-0.1, -0.05) is 6.92 Å². The van der Waals surface area contributed by atoms with Crippen LogP contribution in [0, 0.1) is 6.92 Å². The van der Waals surface area contributed by atoms with Crippen molar-refractivity contribution in [2.24, 2.45) is 0 Å². The lowest BCUT2D eigenvalue weighted by atomic mass is 10.2. The first-order valence-corrected chi connectivity index (χ1v) is 5.86. The van der Waals surface area contributed by atoms with E-state index in [4.69, 9.17) is 4.74 Å². The molecule has 0 aliphatic carbocycles. The monoisotopic (exact) mass is 234 g/mol. The third-order valence-corrected chi connectivity index (χ3v) is 3.07. The van der Waals surface area contributed by atoms with E-state index in [0.29, 0.717) is 6.61 Å².